The van der Waals surface area contributed by atoms with E-state index in [1.165, 1.54) is 0 Å². The predicted molar refractivity (Wildman–Crippen MR) is 292 cm³/mol. The van der Waals surface area contributed by atoms with Gasteiger partial charge in [0.15, 0.2) is 11.6 Å². The first-order valence-electron chi connectivity index (χ1n) is 24.0. The van der Waals surface area contributed by atoms with Crippen molar-refractivity contribution in [3.63, 3.8) is 0 Å². The fraction of sp³-hybridized carbons (Fsp3) is 0.0968. The summed E-state index contributed by atoms with van der Waals surface area (Å²) < 4.78 is 4.35. The lowest BCUT2D eigenvalue weighted by Crippen LogP contribution is -3.00. The molecule has 0 saturated carbocycles. The van der Waals surface area contributed by atoms with Gasteiger partial charge in [0.25, 0.3) is 0 Å². The molecule has 11 rings (SSSR count). The van der Waals surface area contributed by atoms with Crippen LogP contribution in [0, 0.1) is 27.7 Å². The summed E-state index contributed by atoms with van der Waals surface area (Å²) in [6.07, 6.45) is 0. The standard InChI is InChI=1S/C62H50N8O2.2ClH/c1-37-27-53-57(31-49(37)63)69(47-11-7-5-8-12-47)59-33-51(39(3)29-55(59)67-53)65-35-61(71)45-23-19-43(20-24-45)41-15-17-42(18-16-41)44-21-25-46(26-22-44)62(72)36-66-52-34-60-56(30-40(52)4)68-54-28-38(2)50(64)32-58(54)70(60)48-13-9-6-10-14-48;;/h5-34H,35-36H2,1-4H3,(H4,63,64,65,66);2*1H. The highest BCUT2D eigenvalue weighted by Gasteiger charge is 2.24. The van der Waals surface area contributed by atoms with Gasteiger partial charge in [-0.1, -0.05) is 109 Å². The summed E-state index contributed by atoms with van der Waals surface area (Å²) in [5.74, 6) is -0.0315. The van der Waals surface area contributed by atoms with Crippen molar-refractivity contribution in [1.82, 2.24) is 9.97 Å². The van der Waals surface area contributed by atoms with E-state index in [0.29, 0.717) is 22.5 Å². The second-order valence-electron chi connectivity index (χ2n) is 18.6. The van der Waals surface area contributed by atoms with E-state index in [9.17, 15) is 9.59 Å². The van der Waals surface area contributed by atoms with Gasteiger partial charge in [0, 0.05) is 82.4 Å². The number of benzene rings is 9. The number of carbonyl (C=O) groups excluding carboxylic acids is 2. The fourth-order valence-corrected chi connectivity index (χ4v) is 9.55. The predicted octanol–water partition coefficient (Wildman–Crippen LogP) is 5.97. The number of para-hydroxylation sites is 2. The molecule has 366 valence electrons. The number of rotatable bonds is 12. The normalized spacial score (nSPS) is 11.1. The molecule has 6 N–H and O–H groups in total. The van der Waals surface area contributed by atoms with Crippen LogP contribution in [0.1, 0.15) is 43.0 Å². The maximum absolute atomic E-state index is 13.6. The van der Waals surface area contributed by atoms with Gasteiger partial charge in [-0.15, -0.1) is 9.13 Å². The van der Waals surface area contributed by atoms with E-state index in [1.54, 1.807) is 0 Å². The van der Waals surface area contributed by atoms with E-state index in [2.05, 4.69) is 92.6 Å². The molecule has 0 aliphatic carbocycles. The van der Waals surface area contributed by atoms with Gasteiger partial charge in [0.05, 0.1) is 13.1 Å². The quantitative estimate of drug-likeness (QED) is 0.0508. The van der Waals surface area contributed by atoms with Crippen molar-refractivity contribution in [1.29, 1.82) is 0 Å². The zero-order valence-corrected chi connectivity index (χ0v) is 42.8. The Morgan fingerprint density at radius 3 is 1.04 bits per heavy atom. The molecule has 0 unspecified atom stereocenters. The maximum atomic E-state index is 13.6. The summed E-state index contributed by atoms with van der Waals surface area (Å²) in [5.41, 5.74) is 34.2. The van der Waals surface area contributed by atoms with E-state index >= 15 is 0 Å². The van der Waals surface area contributed by atoms with Gasteiger partial charge in [0.1, 0.15) is 22.1 Å². The molecule has 0 bridgehead atoms. The molecule has 2 heterocycles. The molecular weight excluding hydrogens is 960 g/mol. The Kier molecular flexibility index (Phi) is 14.1. The van der Waals surface area contributed by atoms with Gasteiger partial charge in [0.2, 0.25) is 33.4 Å². The van der Waals surface area contributed by atoms with E-state index in [-0.39, 0.29) is 49.5 Å². The number of aromatic nitrogens is 4. The molecule has 12 heteroatoms. The third-order valence-electron chi connectivity index (χ3n) is 13.7. The lowest BCUT2D eigenvalue weighted by atomic mass is 9.98. The first-order valence-corrected chi connectivity index (χ1v) is 24.0. The first kappa shape index (κ1) is 50.2. The van der Waals surface area contributed by atoms with E-state index < -0.39 is 0 Å². The molecule has 2 aromatic heterocycles. The van der Waals surface area contributed by atoms with E-state index in [0.717, 1.165) is 111 Å². The largest absolute Gasteiger partial charge is 1.00 e. The molecule has 74 heavy (non-hydrogen) atoms. The van der Waals surface area contributed by atoms with Gasteiger partial charge in [-0.05, 0) is 96.5 Å². The van der Waals surface area contributed by atoms with Crippen LogP contribution in [-0.2, 0) is 0 Å². The number of halogens is 2. The number of Topliss-reactive ketones (excluding diaryl/α,β-unsaturated/α-hetero) is 2. The van der Waals surface area contributed by atoms with Gasteiger partial charge in [-0.2, -0.15) is 0 Å². The Bertz CT molecular complexity index is 3690. The molecule has 0 amide bonds. The van der Waals surface area contributed by atoms with E-state index in [1.807, 2.05) is 137 Å². The third-order valence-corrected chi connectivity index (χ3v) is 13.7. The van der Waals surface area contributed by atoms with Crippen LogP contribution in [0.5, 0.6) is 0 Å². The van der Waals surface area contributed by atoms with Gasteiger partial charge in [-0.25, -0.2) is 9.97 Å². The summed E-state index contributed by atoms with van der Waals surface area (Å²) in [4.78, 5) is 37.2. The molecule has 11 aromatic rings. The minimum Gasteiger partial charge on any atom is -1.00 e. The van der Waals surface area contributed by atoms with Crippen LogP contribution in [0.4, 0.5) is 22.7 Å². The monoisotopic (exact) mass is 1010 g/mol. The van der Waals surface area contributed by atoms with Crippen molar-refractivity contribution in [3.05, 3.63) is 215 Å². The van der Waals surface area contributed by atoms with Crippen LogP contribution in [0.25, 0.3) is 77.8 Å². The molecule has 0 atom stereocenters. The molecule has 0 aliphatic rings. The Morgan fingerprint density at radius 2 is 0.703 bits per heavy atom. The van der Waals surface area contributed by atoms with Gasteiger partial charge >= 0.3 is 0 Å². The summed E-state index contributed by atoms with van der Waals surface area (Å²) >= 11 is 0. The zero-order valence-electron chi connectivity index (χ0n) is 41.3. The smallest absolute Gasteiger partial charge is 0.239 e. The van der Waals surface area contributed by atoms with Crippen molar-refractivity contribution in [2.75, 3.05) is 35.2 Å². The highest BCUT2D eigenvalue weighted by molar-refractivity contribution is 6.01. The van der Waals surface area contributed by atoms with Crippen LogP contribution in [0.2, 0.25) is 0 Å². The Morgan fingerprint density at radius 1 is 0.405 bits per heavy atom. The van der Waals surface area contributed by atoms with Crippen molar-refractivity contribution in [2.45, 2.75) is 27.7 Å². The lowest BCUT2D eigenvalue weighted by molar-refractivity contribution is -0.538. The van der Waals surface area contributed by atoms with Gasteiger partial charge in [-0.3, -0.25) is 9.59 Å². The van der Waals surface area contributed by atoms with Crippen LogP contribution >= 0.6 is 0 Å². The highest BCUT2D eigenvalue weighted by Crippen LogP contribution is 2.30. The number of carbonyl (C=O) groups is 2. The number of hydrogen-bond acceptors (Lipinski definition) is 8. The summed E-state index contributed by atoms with van der Waals surface area (Å²) in [5, 5.41) is 6.84. The zero-order chi connectivity index (χ0) is 49.6. The van der Waals surface area contributed by atoms with Crippen LogP contribution in [-0.4, -0.2) is 34.6 Å². The highest BCUT2D eigenvalue weighted by atomic mass is 35.5. The average molecular weight is 1010 g/mol. The second-order valence-corrected chi connectivity index (χ2v) is 18.6. The van der Waals surface area contributed by atoms with Crippen molar-refractivity contribution in [2.24, 2.45) is 0 Å². The maximum Gasteiger partial charge on any atom is 0.239 e. The Labute approximate surface area is 441 Å². The molecule has 0 spiro atoms. The van der Waals surface area contributed by atoms with Crippen molar-refractivity contribution in [3.8, 4) is 33.6 Å². The molecule has 0 fully saturated rings. The molecule has 9 aromatic carbocycles. The molecule has 0 saturated heterocycles. The minimum absolute atomic E-state index is 0. The minimum atomic E-state index is -0.0158. The van der Waals surface area contributed by atoms with Crippen molar-refractivity contribution < 1.29 is 43.5 Å². The molecule has 0 aliphatic heterocycles. The van der Waals surface area contributed by atoms with Crippen LogP contribution in [0.3, 0.4) is 0 Å². The topological polar surface area (TPSA) is 144 Å². The second kappa shape index (κ2) is 20.8. The number of fused-ring (bicyclic) bond motifs is 4. The van der Waals surface area contributed by atoms with Crippen LogP contribution in [0.15, 0.2) is 182 Å². The number of anilines is 4. The molecular formula is C62H52Cl2N8O2. The molecule has 10 nitrogen and oxygen atoms in total. The summed E-state index contributed by atoms with van der Waals surface area (Å²) in [6.45, 7) is 8.31. The molecule has 0 radical (unpaired) electrons. The number of aryl methyl sites for hydroxylation is 4. The SMILES string of the molecule is Cc1cc2nc3cc(C)c(NCC(=O)c4ccc(-c5ccc(-c6ccc(C(=O)CNc7cc8c(cc7C)nc7cc(C)c(N)cc7[n+]8-c7ccccc7)cc6)cc5)cc4)cc3[n+](-c3ccccc3)c2cc1N.[Cl-].[Cl-]. The van der Waals surface area contributed by atoms with Crippen molar-refractivity contribution >= 4 is 78.4 Å². The third kappa shape index (κ3) is 9.68. The fourth-order valence-electron chi connectivity index (χ4n) is 9.55. The number of nitrogen functional groups attached to an aromatic ring is 2. The number of nitrogens with zero attached hydrogens (tertiary/aromatic N) is 4. The van der Waals surface area contributed by atoms with Crippen LogP contribution < -0.4 is 56.0 Å². The number of ketones is 2. The lowest BCUT2D eigenvalue weighted by Gasteiger charge is -2.12. The average Bonchev–Trinajstić information content (AvgIpc) is 3.40. The first-order chi connectivity index (χ1) is 34.9. The Hall–Kier alpha value is -8.70. The number of nitrogens with one attached hydrogen (secondary N) is 2. The summed E-state index contributed by atoms with van der Waals surface area (Å²) in [7, 11) is 0. The number of nitrogens with two attached hydrogens (primary N) is 2. The van der Waals surface area contributed by atoms with E-state index in [4.69, 9.17) is 21.4 Å². The Balaban J connectivity index is 0.00000336. The number of hydrogen-bond donors (Lipinski definition) is 4. The van der Waals surface area contributed by atoms with Gasteiger partial charge < -0.3 is 46.9 Å². The summed E-state index contributed by atoms with van der Waals surface area (Å²) in [6, 6.07) is 60.4.